The van der Waals surface area contributed by atoms with Crippen LogP contribution in [0.5, 0.6) is 0 Å². The van der Waals surface area contributed by atoms with Crippen molar-refractivity contribution in [1.82, 2.24) is 24.4 Å². The molecule has 7 heteroatoms. The van der Waals surface area contributed by atoms with Crippen LogP contribution in [-0.4, -0.2) is 43.4 Å². The van der Waals surface area contributed by atoms with Gasteiger partial charge in [-0.3, -0.25) is 4.79 Å². The summed E-state index contributed by atoms with van der Waals surface area (Å²) >= 11 is 0. The standard InChI is InChI=1S/C17H18N6O/c1-11-21-14-9-20-17-13(5-7-19-17)16(14)23(11)12-3-2-8-22(10-12)15(24)4-6-18/h5,7,9,12H,2-4,8,10H2,1H3,(H,19,20). The fourth-order valence-corrected chi connectivity index (χ4v) is 3.73. The largest absolute Gasteiger partial charge is 0.346 e. The number of piperidine rings is 1. The number of imidazole rings is 1. The van der Waals surface area contributed by atoms with Crippen molar-refractivity contribution in [2.75, 3.05) is 13.1 Å². The second-order valence-electron chi connectivity index (χ2n) is 6.23. The van der Waals surface area contributed by atoms with Crippen LogP contribution in [0, 0.1) is 18.3 Å². The lowest BCUT2D eigenvalue weighted by Gasteiger charge is -2.34. The van der Waals surface area contributed by atoms with Crippen LogP contribution in [0.4, 0.5) is 0 Å². The second kappa shape index (κ2) is 5.64. The van der Waals surface area contributed by atoms with E-state index >= 15 is 0 Å². The van der Waals surface area contributed by atoms with Gasteiger partial charge in [-0.15, -0.1) is 0 Å². The summed E-state index contributed by atoms with van der Waals surface area (Å²) in [5.74, 6) is 0.845. The number of aromatic nitrogens is 4. The van der Waals surface area contributed by atoms with Crippen molar-refractivity contribution >= 4 is 28.0 Å². The molecule has 0 radical (unpaired) electrons. The van der Waals surface area contributed by atoms with Gasteiger partial charge < -0.3 is 14.5 Å². The van der Waals surface area contributed by atoms with Gasteiger partial charge in [0.1, 0.15) is 23.4 Å². The number of H-pyrrole nitrogens is 1. The van der Waals surface area contributed by atoms with Crippen molar-refractivity contribution in [3.8, 4) is 6.07 Å². The summed E-state index contributed by atoms with van der Waals surface area (Å²) in [6.07, 6.45) is 5.55. The number of nitrogens with one attached hydrogen (secondary N) is 1. The molecule has 7 nitrogen and oxygen atoms in total. The summed E-state index contributed by atoms with van der Waals surface area (Å²) in [7, 11) is 0. The molecule has 1 aliphatic rings. The fraction of sp³-hybridized carbons (Fsp3) is 0.412. The maximum atomic E-state index is 12.1. The number of pyridine rings is 1. The highest BCUT2D eigenvalue weighted by Crippen LogP contribution is 2.31. The predicted octanol–water partition coefficient (Wildman–Crippen LogP) is 2.30. The first-order chi connectivity index (χ1) is 11.7. The van der Waals surface area contributed by atoms with Gasteiger partial charge >= 0.3 is 0 Å². The molecule has 0 spiro atoms. The average Bonchev–Trinajstić information content (AvgIpc) is 3.18. The normalized spacial score (nSPS) is 18.2. The Morgan fingerprint density at radius 2 is 2.42 bits per heavy atom. The number of carbonyl (C=O) groups is 1. The lowest BCUT2D eigenvalue weighted by molar-refractivity contribution is -0.131. The van der Waals surface area contributed by atoms with Gasteiger partial charge in [0.15, 0.2) is 0 Å². The molecule has 1 atom stereocenters. The molecule has 1 N–H and O–H groups in total. The van der Waals surface area contributed by atoms with E-state index in [0.29, 0.717) is 6.54 Å². The predicted molar refractivity (Wildman–Crippen MR) is 89.2 cm³/mol. The molecule has 0 aromatic carbocycles. The molecular formula is C17H18N6O. The highest BCUT2D eigenvalue weighted by atomic mass is 16.2. The number of aromatic amines is 1. The Hall–Kier alpha value is -2.88. The number of nitrogens with zero attached hydrogens (tertiary/aromatic N) is 5. The van der Waals surface area contributed by atoms with Crippen LogP contribution in [0.15, 0.2) is 18.5 Å². The number of carbonyl (C=O) groups excluding carboxylic acids is 1. The van der Waals surface area contributed by atoms with E-state index < -0.39 is 0 Å². The number of fused-ring (bicyclic) bond motifs is 3. The first-order valence-corrected chi connectivity index (χ1v) is 8.14. The molecule has 0 bridgehead atoms. The first-order valence-electron chi connectivity index (χ1n) is 8.14. The van der Waals surface area contributed by atoms with Gasteiger partial charge in [0, 0.05) is 24.7 Å². The second-order valence-corrected chi connectivity index (χ2v) is 6.23. The monoisotopic (exact) mass is 322 g/mol. The highest BCUT2D eigenvalue weighted by molar-refractivity contribution is 6.01. The Bertz CT molecular complexity index is 963. The van der Waals surface area contributed by atoms with E-state index in [4.69, 9.17) is 5.26 Å². The number of amides is 1. The maximum Gasteiger partial charge on any atom is 0.236 e. The zero-order chi connectivity index (χ0) is 16.7. The number of rotatable bonds is 2. The van der Waals surface area contributed by atoms with Crippen LogP contribution in [-0.2, 0) is 4.79 Å². The molecule has 4 rings (SSSR count). The van der Waals surface area contributed by atoms with E-state index in [1.165, 1.54) is 0 Å². The van der Waals surface area contributed by atoms with Crippen molar-refractivity contribution in [3.05, 3.63) is 24.3 Å². The van der Waals surface area contributed by atoms with Crippen molar-refractivity contribution < 1.29 is 4.79 Å². The number of hydrogen-bond donors (Lipinski definition) is 1. The highest BCUT2D eigenvalue weighted by Gasteiger charge is 2.27. The van der Waals surface area contributed by atoms with Crippen LogP contribution < -0.4 is 0 Å². The smallest absolute Gasteiger partial charge is 0.236 e. The van der Waals surface area contributed by atoms with Gasteiger partial charge in [0.25, 0.3) is 0 Å². The minimum atomic E-state index is -0.0854. The number of aryl methyl sites for hydroxylation is 1. The number of nitriles is 1. The average molecular weight is 322 g/mol. The van der Waals surface area contributed by atoms with E-state index in [2.05, 4.69) is 19.5 Å². The van der Waals surface area contributed by atoms with Gasteiger partial charge in [-0.2, -0.15) is 5.26 Å². The van der Waals surface area contributed by atoms with Crippen LogP contribution in [0.3, 0.4) is 0 Å². The van der Waals surface area contributed by atoms with Gasteiger partial charge in [-0.05, 0) is 25.8 Å². The molecule has 24 heavy (non-hydrogen) atoms. The van der Waals surface area contributed by atoms with Crippen molar-refractivity contribution in [3.63, 3.8) is 0 Å². The van der Waals surface area contributed by atoms with E-state index in [1.807, 2.05) is 25.3 Å². The molecule has 3 aromatic rings. The Kier molecular flexibility index (Phi) is 3.45. The molecule has 1 fully saturated rings. The van der Waals surface area contributed by atoms with Gasteiger partial charge in [0.2, 0.25) is 5.91 Å². The van der Waals surface area contributed by atoms with E-state index in [1.54, 1.807) is 11.1 Å². The minimum absolute atomic E-state index is 0.0532. The summed E-state index contributed by atoms with van der Waals surface area (Å²) in [5.41, 5.74) is 2.79. The van der Waals surface area contributed by atoms with Gasteiger partial charge in [-0.1, -0.05) is 0 Å². The lowest BCUT2D eigenvalue weighted by atomic mass is 10.0. The summed E-state index contributed by atoms with van der Waals surface area (Å²) in [4.78, 5) is 26.1. The maximum absolute atomic E-state index is 12.1. The Morgan fingerprint density at radius 1 is 1.54 bits per heavy atom. The molecular weight excluding hydrogens is 304 g/mol. The van der Waals surface area contributed by atoms with Crippen LogP contribution in [0.1, 0.15) is 31.1 Å². The summed E-state index contributed by atoms with van der Waals surface area (Å²) in [5, 5.41) is 9.82. The van der Waals surface area contributed by atoms with Crippen molar-refractivity contribution in [1.29, 1.82) is 5.26 Å². The van der Waals surface area contributed by atoms with E-state index in [0.717, 1.165) is 47.3 Å². The molecule has 1 amide bonds. The number of hydrogen-bond acceptors (Lipinski definition) is 4. The topological polar surface area (TPSA) is 90.6 Å². The molecule has 122 valence electrons. The number of likely N-dealkylation sites (tertiary alicyclic amines) is 1. The molecule has 1 aliphatic heterocycles. The van der Waals surface area contributed by atoms with Crippen molar-refractivity contribution in [2.24, 2.45) is 0 Å². The molecule has 0 saturated carbocycles. The third-order valence-corrected chi connectivity index (χ3v) is 4.76. The molecule has 3 aromatic heterocycles. The third kappa shape index (κ3) is 2.22. The quantitative estimate of drug-likeness (QED) is 0.783. The zero-order valence-electron chi connectivity index (χ0n) is 13.5. The zero-order valence-corrected chi connectivity index (χ0v) is 13.5. The van der Waals surface area contributed by atoms with Crippen LogP contribution in [0.2, 0.25) is 0 Å². The summed E-state index contributed by atoms with van der Waals surface area (Å²) in [6.45, 7) is 3.35. The van der Waals surface area contributed by atoms with E-state index in [9.17, 15) is 4.79 Å². The molecule has 4 heterocycles. The fourth-order valence-electron chi connectivity index (χ4n) is 3.73. The van der Waals surface area contributed by atoms with Gasteiger partial charge in [-0.25, -0.2) is 9.97 Å². The van der Waals surface area contributed by atoms with E-state index in [-0.39, 0.29) is 18.4 Å². The first kappa shape index (κ1) is 14.7. The minimum Gasteiger partial charge on any atom is -0.346 e. The van der Waals surface area contributed by atoms with Crippen molar-refractivity contribution in [2.45, 2.75) is 32.2 Å². The molecule has 0 aliphatic carbocycles. The van der Waals surface area contributed by atoms with Gasteiger partial charge in [0.05, 0.1) is 23.8 Å². The van der Waals surface area contributed by atoms with Crippen LogP contribution in [0.25, 0.3) is 22.1 Å². The Morgan fingerprint density at radius 3 is 3.25 bits per heavy atom. The van der Waals surface area contributed by atoms with Crippen LogP contribution >= 0.6 is 0 Å². The SMILES string of the molecule is Cc1nc2cnc3[nH]ccc3c2n1C1CCCN(C(=O)CC#N)C1. The lowest BCUT2D eigenvalue weighted by Crippen LogP contribution is -2.40. The molecule has 1 saturated heterocycles. The third-order valence-electron chi connectivity index (χ3n) is 4.76. The summed E-state index contributed by atoms with van der Waals surface area (Å²) in [6, 6.07) is 4.14. The Balaban J connectivity index is 1.78. The Labute approximate surface area is 138 Å². The molecule has 1 unspecified atom stereocenters. The summed E-state index contributed by atoms with van der Waals surface area (Å²) < 4.78 is 2.24.